The smallest absolute Gasteiger partial charge is 0.247 e. The van der Waals surface area contributed by atoms with Gasteiger partial charge in [-0.1, -0.05) is 54.6 Å². The summed E-state index contributed by atoms with van der Waals surface area (Å²) in [5.41, 5.74) is 16.3. The minimum Gasteiger partial charge on any atom is -0.419 e. The summed E-state index contributed by atoms with van der Waals surface area (Å²) in [6.45, 7) is 2.18. The van der Waals surface area contributed by atoms with E-state index in [1.54, 1.807) is 12.1 Å². The molecular weight excluding hydrogens is 462 g/mol. The topological polar surface area (TPSA) is 128 Å². The molecule has 3 aromatic carbocycles. The molecule has 0 amide bonds. The van der Waals surface area contributed by atoms with Gasteiger partial charge in [0.1, 0.15) is 0 Å². The Bertz CT molecular complexity index is 1430. The first-order valence-electron chi connectivity index (χ1n) is 11.1. The highest BCUT2D eigenvalue weighted by Crippen LogP contribution is 2.34. The number of sulfonamides is 1. The Labute approximate surface area is 205 Å². The molecule has 0 saturated carbocycles. The van der Waals surface area contributed by atoms with Crippen LogP contribution in [0.4, 0.5) is 5.69 Å². The number of nitrogens with zero attached hydrogens (tertiary/aromatic N) is 3. The second kappa shape index (κ2) is 9.61. The Morgan fingerprint density at radius 2 is 1.63 bits per heavy atom. The van der Waals surface area contributed by atoms with Crippen LogP contribution in [0, 0.1) is 0 Å². The highest BCUT2D eigenvalue weighted by atomic mass is 32.2. The van der Waals surface area contributed by atoms with Gasteiger partial charge in [-0.2, -0.15) is 0 Å². The first-order valence-corrected chi connectivity index (χ1v) is 13.0. The lowest BCUT2D eigenvalue weighted by Gasteiger charge is -2.20. The summed E-state index contributed by atoms with van der Waals surface area (Å²) in [4.78, 5) is 0. The standard InChI is InChI=1S/C26H29N5O3S/c1-26(28,16-18-9-5-4-6-10-18)25-30-29-24(34-25)21-13-20(23-12-8-7-11-19(23)17-27)14-22(15-21)31(2)35(3,32)33/h4-15H,16-17,27-28H2,1-3H3/t26-/m1/s1. The summed E-state index contributed by atoms with van der Waals surface area (Å²) < 4.78 is 31.8. The molecule has 8 nitrogen and oxygen atoms in total. The van der Waals surface area contributed by atoms with Crippen molar-refractivity contribution in [1.82, 2.24) is 10.2 Å². The molecular formula is C26H29N5O3S. The van der Waals surface area contributed by atoms with Gasteiger partial charge in [0.25, 0.3) is 0 Å². The molecule has 0 aliphatic rings. The minimum atomic E-state index is -3.50. The number of rotatable bonds is 8. The van der Waals surface area contributed by atoms with Crippen LogP contribution >= 0.6 is 0 Å². The van der Waals surface area contributed by atoms with E-state index in [1.807, 2.05) is 67.6 Å². The molecule has 35 heavy (non-hydrogen) atoms. The van der Waals surface area contributed by atoms with Crippen LogP contribution in [-0.4, -0.2) is 31.9 Å². The van der Waals surface area contributed by atoms with E-state index in [2.05, 4.69) is 10.2 Å². The van der Waals surface area contributed by atoms with Crippen molar-refractivity contribution in [2.75, 3.05) is 17.6 Å². The second-order valence-corrected chi connectivity index (χ2v) is 10.9. The molecule has 1 aromatic heterocycles. The van der Waals surface area contributed by atoms with Crippen LogP contribution in [0.5, 0.6) is 0 Å². The summed E-state index contributed by atoms with van der Waals surface area (Å²) in [6.07, 6.45) is 1.67. The van der Waals surface area contributed by atoms with Gasteiger partial charge in [0.15, 0.2) is 0 Å². The highest BCUT2D eigenvalue weighted by molar-refractivity contribution is 7.92. The molecule has 1 atom stereocenters. The quantitative estimate of drug-likeness (QED) is 0.385. The summed E-state index contributed by atoms with van der Waals surface area (Å²) in [5, 5.41) is 8.47. The number of anilines is 1. The van der Waals surface area contributed by atoms with E-state index >= 15 is 0 Å². The van der Waals surface area contributed by atoms with Crippen LogP contribution in [0.15, 0.2) is 77.2 Å². The lowest BCUT2D eigenvalue weighted by atomic mass is 9.94. The molecule has 0 unspecified atom stereocenters. The van der Waals surface area contributed by atoms with Crippen molar-refractivity contribution in [3.8, 4) is 22.6 Å². The first kappa shape index (κ1) is 24.6. The third-order valence-corrected chi connectivity index (χ3v) is 7.11. The SMILES string of the molecule is CN(c1cc(-c2nnc([C@](C)(N)Cc3ccccc3)o2)cc(-c2ccccc2CN)c1)S(C)(=O)=O. The van der Waals surface area contributed by atoms with E-state index in [4.69, 9.17) is 15.9 Å². The fourth-order valence-electron chi connectivity index (χ4n) is 3.91. The third-order valence-electron chi connectivity index (χ3n) is 5.90. The van der Waals surface area contributed by atoms with Gasteiger partial charge in [0, 0.05) is 19.2 Å². The molecule has 4 rings (SSSR count). The fraction of sp³-hybridized carbons (Fsp3) is 0.231. The van der Waals surface area contributed by atoms with Crippen molar-refractivity contribution in [1.29, 1.82) is 0 Å². The Kier molecular flexibility index (Phi) is 6.75. The molecule has 4 N–H and O–H groups in total. The van der Waals surface area contributed by atoms with E-state index in [-0.39, 0.29) is 5.89 Å². The van der Waals surface area contributed by atoms with Gasteiger partial charge in [-0.05, 0) is 53.8 Å². The molecule has 0 radical (unpaired) electrons. The molecule has 0 spiro atoms. The Balaban J connectivity index is 1.79. The lowest BCUT2D eigenvalue weighted by Crippen LogP contribution is -2.35. The molecule has 0 aliphatic heterocycles. The van der Waals surface area contributed by atoms with Gasteiger partial charge in [-0.15, -0.1) is 10.2 Å². The molecule has 0 bridgehead atoms. The van der Waals surface area contributed by atoms with E-state index in [1.165, 1.54) is 11.4 Å². The maximum absolute atomic E-state index is 12.3. The number of nitrogens with two attached hydrogens (primary N) is 2. The molecule has 0 aliphatic carbocycles. The Hall–Kier alpha value is -3.53. The van der Waals surface area contributed by atoms with Crippen molar-refractivity contribution in [3.05, 3.63) is 89.8 Å². The zero-order valence-electron chi connectivity index (χ0n) is 20.0. The monoisotopic (exact) mass is 491 g/mol. The van der Waals surface area contributed by atoms with Crippen LogP contribution in [0.2, 0.25) is 0 Å². The van der Waals surface area contributed by atoms with Crippen LogP contribution in [0.3, 0.4) is 0 Å². The maximum atomic E-state index is 12.3. The number of hydrogen-bond donors (Lipinski definition) is 2. The first-order chi connectivity index (χ1) is 16.6. The van der Waals surface area contributed by atoms with Crippen molar-refractivity contribution in [2.45, 2.75) is 25.4 Å². The summed E-state index contributed by atoms with van der Waals surface area (Å²) in [7, 11) is -2.00. The van der Waals surface area contributed by atoms with Crippen molar-refractivity contribution in [2.24, 2.45) is 11.5 Å². The fourth-order valence-corrected chi connectivity index (χ4v) is 4.40. The third kappa shape index (κ3) is 5.43. The van der Waals surface area contributed by atoms with Crippen LogP contribution in [0.25, 0.3) is 22.6 Å². The van der Waals surface area contributed by atoms with E-state index in [0.29, 0.717) is 30.1 Å². The minimum absolute atomic E-state index is 0.250. The summed E-state index contributed by atoms with van der Waals surface area (Å²) >= 11 is 0. The predicted octanol–water partition coefficient (Wildman–Crippen LogP) is 3.67. The normalized spacial score (nSPS) is 13.4. The Morgan fingerprint density at radius 1 is 0.971 bits per heavy atom. The predicted molar refractivity (Wildman–Crippen MR) is 138 cm³/mol. The van der Waals surface area contributed by atoms with Crippen molar-refractivity contribution in [3.63, 3.8) is 0 Å². The van der Waals surface area contributed by atoms with Crippen molar-refractivity contribution >= 4 is 15.7 Å². The average Bonchev–Trinajstić information content (AvgIpc) is 3.35. The molecule has 0 saturated heterocycles. The molecule has 4 aromatic rings. The Morgan fingerprint density at radius 3 is 2.31 bits per heavy atom. The van der Waals surface area contributed by atoms with Crippen LogP contribution in [-0.2, 0) is 28.5 Å². The van der Waals surface area contributed by atoms with Gasteiger partial charge in [0.05, 0.1) is 17.5 Å². The molecule has 0 fully saturated rings. The second-order valence-electron chi connectivity index (χ2n) is 8.85. The van der Waals surface area contributed by atoms with Gasteiger partial charge < -0.3 is 15.9 Å². The molecule has 182 valence electrons. The number of hydrogen-bond acceptors (Lipinski definition) is 7. The largest absolute Gasteiger partial charge is 0.419 e. The average molecular weight is 492 g/mol. The van der Waals surface area contributed by atoms with Gasteiger partial charge in [0.2, 0.25) is 21.8 Å². The van der Waals surface area contributed by atoms with Crippen LogP contribution in [0.1, 0.15) is 23.9 Å². The lowest BCUT2D eigenvalue weighted by molar-refractivity contribution is 0.355. The van der Waals surface area contributed by atoms with E-state index in [0.717, 1.165) is 28.5 Å². The molecule has 1 heterocycles. The maximum Gasteiger partial charge on any atom is 0.247 e. The van der Waals surface area contributed by atoms with Crippen LogP contribution < -0.4 is 15.8 Å². The number of aromatic nitrogens is 2. The zero-order chi connectivity index (χ0) is 25.2. The van der Waals surface area contributed by atoms with Gasteiger partial charge >= 0.3 is 0 Å². The zero-order valence-corrected chi connectivity index (χ0v) is 20.8. The van der Waals surface area contributed by atoms with Crippen molar-refractivity contribution < 1.29 is 12.8 Å². The summed E-state index contributed by atoms with van der Waals surface area (Å²) in [5.74, 6) is 0.544. The van der Waals surface area contributed by atoms with Gasteiger partial charge in [-0.3, -0.25) is 4.31 Å². The van der Waals surface area contributed by atoms with E-state index < -0.39 is 15.6 Å². The highest BCUT2D eigenvalue weighted by Gasteiger charge is 2.29. The molecule has 9 heteroatoms. The summed E-state index contributed by atoms with van der Waals surface area (Å²) in [6, 6.07) is 23.0. The van der Waals surface area contributed by atoms with E-state index in [9.17, 15) is 8.42 Å². The number of benzene rings is 3. The van der Waals surface area contributed by atoms with Gasteiger partial charge in [-0.25, -0.2) is 8.42 Å².